The molecule has 1 aliphatic rings. The van der Waals surface area contributed by atoms with E-state index < -0.39 is 18.4 Å². The van der Waals surface area contributed by atoms with E-state index in [9.17, 15) is 0 Å². The van der Waals surface area contributed by atoms with Gasteiger partial charge in [0.1, 0.15) is 0 Å². The van der Waals surface area contributed by atoms with Gasteiger partial charge in [-0.2, -0.15) is 0 Å². The van der Waals surface area contributed by atoms with Gasteiger partial charge in [-0.15, -0.1) is 0 Å². The molecule has 2 aromatic heterocycles. The molecule has 0 nitrogen and oxygen atoms in total. The first kappa shape index (κ1) is 34.5. The molecular weight excluding hydrogens is 791 g/mol. The van der Waals surface area contributed by atoms with Crippen molar-refractivity contribution in [1.29, 1.82) is 0 Å². The summed E-state index contributed by atoms with van der Waals surface area (Å²) in [5.41, 5.74) is 0. The van der Waals surface area contributed by atoms with E-state index in [4.69, 9.17) is 0 Å². The Morgan fingerprint density at radius 2 is 1.07 bits per heavy atom. The first-order valence-corrected chi connectivity index (χ1v) is 28.6. The van der Waals surface area contributed by atoms with Crippen molar-refractivity contribution in [2.45, 2.75) is 103 Å². The standard InChI is InChI=1S/C24H18BrS5.3C4H9.Sn/c25-20-14-13-19(29-20)22-24(28-17-10-5-2-6-11-17)23(27-16-8-3-1-4-9-16)21(30-22)18-12-7-15-26-18;3*1-3-4-2;/h1-14,21-24H;3*1,3-4H2,2H3;. The van der Waals surface area contributed by atoms with Crippen LogP contribution in [0.4, 0.5) is 0 Å². The molecule has 5 rings (SSSR count). The predicted octanol–water partition coefficient (Wildman–Crippen LogP) is 13.5. The number of benzene rings is 2. The molecule has 43 heavy (non-hydrogen) atoms. The van der Waals surface area contributed by atoms with Crippen LogP contribution in [0.15, 0.2) is 98.5 Å². The van der Waals surface area contributed by atoms with Crippen molar-refractivity contribution >= 4 is 95.2 Å². The van der Waals surface area contributed by atoms with Gasteiger partial charge in [0.05, 0.1) is 0 Å². The van der Waals surface area contributed by atoms with Crippen LogP contribution in [-0.2, 0) is 0 Å². The first-order chi connectivity index (χ1) is 21.1. The van der Waals surface area contributed by atoms with Crippen molar-refractivity contribution in [3.05, 3.63) is 98.5 Å². The van der Waals surface area contributed by atoms with Crippen LogP contribution in [0.1, 0.15) is 79.6 Å². The third kappa shape index (κ3) is 8.95. The summed E-state index contributed by atoms with van der Waals surface area (Å²) < 4.78 is 7.75. The van der Waals surface area contributed by atoms with Crippen LogP contribution in [0.5, 0.6) is 0 Å². The molecule has 0 spiro atoms. The summed E-state index contributed by atoms with van der Waals surface area (Å²) in [5.74, 6) is 0. The molecule has 0 radical (unpaired) electrons. The molecule has 0 amide bonds. The number of hydrogen-bond acceptors (Lipinski definition) is 5. The quantitative estimate of drug-likeness (QED) is 0.103. The molecule has 4 unspecified atom stereocenters. The maximum absolute atomic E-state index is 3.79. The van der Waals surface area contributed by atoms with Crippen LogP contribution in [0.2, 0.25) is 13.3 Å². The Balaban J connectivity index is 1.55. The van der Waals surface area contributed by atoms with E-state index in [0.717, 1.165) is 0 Å². The summed E-state index contributed by atoms with van der Waals surface area (Å²) in [7, 11) is 0. The van der Waals surface area contributed by atoms with Crippen molar-refractivity contribution < 1.29 is 0 Å². The van der Waals surface area contributed by atoms with Crippen molar-refractivity contribution in [3.63, 3.8) is 0 Å². The molecule has 0 aliphatic carbocycles. The molecule has 3 heterocycles. The molecule has 0 bridgehead atoms. The fraction of sp³-hybridized carbons (Fsp3) is 0.444. The Kier molecular flexibility index (Phi) is 13.9. The normalized spacial score (nSPS) is 20.6. The molecule has 1 fully saturated rings. The van der Waals surface area contributed by atoms with Gasteiger partial charge < -0.3 is 0 Å². The van der Waals surface area contributed by atoms with E-state index in [1.54, 1.807) is 18.2 Å². The first-order valence-electron chi connectivity index (χ1n) is 16.0. The second-order valence-corrected chi connectivity index (χ2v) is 33.3. The van der Waals surface area contributed by atoms with Crippen LogP contribution in [0.25, 0.3) is 0 Å². The summed E-state index contributed by atoms with van der Waals surface area (Å²) in [6.07, 6.45) is 8.27. The van der Waals surface area contributed by atoms with Crippen molar-refractivity contribution in [2.75, 3.05) is 0 Å². The second-order valence-electron chi connectivity index (χ2n) is 11.7. The third-order valence-electron chi connectivity index (χ3n) is 8.58. The Bertz CT molecular complexity index is 1350. The Hall–Kier alpha value is 0.169. The Morgan fingerprint density at radius 1 is 0.605 bits per heavy atom. The minimum atomic E-state index is -2.48. The Labute approximate surface area is 294 Å². The number of hydrogen-bond donors (Lipinski definition) is 0. The average molecular weight is 837 g/mol. The van der Waals surface area contributed by atoms with Crippen LogP contribution in [-0.4, -0.2) is 28.9 Å². The van der Waals surface area contributed by atoms with Crippen LogP contribution in [0, 0.1) is 0 Å². The van der Waals surface area contributed by atoms with Gasteiger partial charge in [0.2, 0.25) is 0 Å². The molecule has 230 valence electrons. The third-order valence-corrected chi connectivity index (χ3v) is 35.0. The molecule has 2 aromatic carbocycles. The molecule has 1 aliphatic heterocycles. The van der Waals surface area contributed by atoms with Gasteiger partial charge in [-0.3, -0.25) is 0 Å². The minimum absolute atomic E-state index is 0.465. The zero-order valence-corrected chi connectivity index (χ0v) is 34.2. The molecule has 7 heteroatoms. The van der Waals surface area contributed by atoms with Crippen molar-refractivity contribution in [3.8, 4) is 0 Å². The zero-order valence-electron chi connectivity index (χ0n) is 25.7. The van der Waals surface area contributed by atoms with Gasteiger partial charge in [-0.05, 0) is 0 Å². The molecular formula is C36H45BrS5Sn. The van der Waals surface area contributed by atoms with E-state index in [0.29, 0.717) is 21.0 Å². The van der Waals surface area contributed by atoms with Crippen molar-refractivity contribution in [2.24, 2.45) is 0 Å². The molecule has 1 saturated heterocycles. The van der Waals surface area contributed by atoms with Crippen molar-refractivity contribution in [1.82, 2.24) is 0 Å². The monoisotopic (exact) mass is 836 g/mol. The predicted molar refractivity (Wildman–Crippen MR) is 206 cm³/mol. The summed E-state index contributed by atoms with van der Waals surface area (Å²) in [4.78, 5) is 5.92. The van der Waals surface area contributed by atoms with E-state index in [2.05, 4.69) is 168 Å². The van der Waals surface area contributed by atoms with E-state index in [1.165, 1.54) is 57.0 Å². The van der Waals surface area contributed by atoms with Crippen LogP contribution >= 0.6 is 73.9 Å². The van der Waals surface area contributed by atoms with Gasteiger partial charge in [0, 0.05) is 0 Å². The van der Waals surface area contributed by atoms with Gasteiger partial charge in [-0.1, -0.05) is 0 Å². The number of rotatable bonds is 16. The van der Waals surface area contributed by atoms with E-state index in [-0.39, 0.29) is 0 Å². The number of thioether (sulfide) groups is 3. The van der Waals surface area contributed by atoms with Crippen LogP contribution in [0.3, 0.4) is 0 Å². The van der Waals surface area contributed by atoms with Gasteiger partial charge in [-0.25, -0.2) is 0 Å². The zero-order chi connectivity index (χ0) is 30.1. The molecule has 0 saturated carbocycles. The fourth-order valence-corrected chi connectivity index (χ4v) is 33.8. The number of halogens is 1. The molecule has 0 N–H and O–H groups in total. The molecule has 4 atom stereocenters. The van der Waals surface area contributed by atoms with Gasteiger partial charge in [0.25, 0.3) is 0 Å². The average Bonchev–Trinajstić information content (AvgIpc) is 3.78. The fourth-order valence-electron chi connectivity index (χ4n) is 6.25. The number of unbranched alkanes of at least 4 members (excludes halogenated alkanes) is 3. The van der Waals surface area contributed by atoms with E-state index >= 15 is 0 Å². The molecule has 4 aromatic rings. The van der Waals surface area contributed by atoms with Gasteiger partial charge in [0.15, 0.2) is 0 Å². The van der Waals surface area contributed by atoms with E-state index in [1.807, 2.05) is 14.2 Å². The second kappa shape index (κ2) is 17.4. The summed E-state index contributed by atoms with van der Waals surface area (Å²) in [6, 6.07) is 32.2. The Morgan fingerprint density at radius 3 is 1.51 bits per heavy atom. The summed E-state index contributed by atoms with van der Waals surface area (Å²) in [6.45, 7) is 7.18. The SMILES string of the molecule is CCC[CH2][Sn]([CH2]CCC)([CH2]CCC)[c]1ccc(C2SC(c3ccc(Br)s3)C(Sc3ccccc3)C2Sc2ccccc2)s1. The number of thiophene rings is 2. The summed E-state index contributed by atoms with van der Waals surface area (Å²) in [5, 5.41) is 1.92. The van der Waals surface area contributed by atoms with Gasteiger partial charge >= 0.3 is 297 Å². The van der Waals surface area contributed by atoms with Crippen LogP contribution < -0.4 is 2.89 Å². The maximum atomic E-state index is 3.79. The summed E-state index contributed by atoms with van der Waals surface area (Å²) >= 11 is 12.0. The topological polar surface area (TPSA) is 0 Å².